The first kappa shape index (κ1) is 13.9. The molecule has 0 saturated carbocycles. The first-order valence-corrected chi connectivity index (χ1v) is 6.38. The van der Waals surface area contributed by atoms with Crippen LogP contribution in [0.1, 0.15) is 11.1 Å². The van der Waals surface area contributed by atoms with Crippen molar-refractivity contribution in [2.75, 3.05) is 12.4 Å². The van der Waals surface area contributed by atoms with Crippen LogP contribution in [0.5, 0.6) is 5.75 Å². The number of amides is 1. The van der Waals surface area contributed by atoms with Gasteiger partial charge >= 0.3 is 0 Å². The summed E-state index contributed by atoms with van der Waals surface area (Å²) in [5, 5.41) is 2.81. The van der Waals surface area contributed by atoms with Gasteiger partial charge in [0.2, 0.25) is 5.91 Å². The normalized spacial score (nSPS) is 10.5. The van der Waals surface area contributed by atoms with Gasteiger partial charge in [-0.1, -0.05) is 36.4 Å². The molecule has 0 fully saturated rings. The molecule has 0 spiro atoms. The number of anilines is 1. The SMILES string of the molecule is COc1cc(C)ccc1NC(=O)C=Cc1ccccc1. The lowest BCUT2D eigenvalue weighted by Gasteiger charge is -2.09. The molecule has 20 heavy (non-hydrogen) atoms. The van der Waals surface area contributed by atoms with Crippen LogP contribution < -0.4 is 10.1 Å². The maximum Gasteiger partial charge on any atom is 0.248 e. The molecule has 0 atom stereocenters. The van der Waals surface area contributed by atoms with Crippen molar-refractivity contribution in [2.24, 2.45) is 0 Å². The van der Waals surface area contributed by atoms with Gasteiger partial charge < -0.3 is 10.1 Å². The third kappa shape index (κ3) is 3.72. The fourth-order valence-corrected chi connectivity index (χ4v) is 1.81. The van der Waals surface area contributed by atoms with Crippen molar-refractivity contribution in [1.82, 2.24) is 0 Å². The van der Waals surface area contributed by atoms with Crippen LogP contribution in [0.25, 0.3) is 6.08 Å². The number of hydrogen-bond donors (Lipinski definition) is 1. The van der Waals surface area contributed by atoms with E-state index in [1.54, 1.807) is 13.2 Å². The second kappa shape index (κ2) is 6.57. The van der Waals surface area contributed by atoms with E-state index in [9.17, 15) is 4.79 Å². The standard InChI is InChI=1S/C17H17NO2/c1-13-8-10-15(16(12-13)20-2)18-17(19)11-9-14-6-4-3-5-7-14/h3-12H,1-2H3,(H,18,19). The smallest absolute Gasteiger partial charge is 0.248 e. The summed E-state index contributed by atoms with van der Waals surface area (Å²) in [5.41, 5.74) is 2.74. The van der Waals surface area contributed by atoms with E-state index in [-0.39, 0.29) is 5.91 Å². The summed E-state index contributed by atoms with van der Waals surface area (Å²) < 4.78 is 5.25. The molecule has 1 amide bonds. The number of methoxy groups -OCH3 is 1. The van der Waals surface area contributed by atoms with E-state index < -0.39 is 0 Å². The second-order valence-electron chi connectivity index (χ2n) is 4.44. The van der Waals surface area contributed by atoms with Gasteiger partial charge in [-0.3, -0.25) is 4.79 Å². The van der Waals surface area contributed by atoms with Crippen molar-refractivity contribution in [3.8, 4) is 5.75 Å². The van der Waals surface area contributed by atoms with E-state index in [1.807, 2.05) is 55.5 Å². The van der Waals surface area contributed by atoms with Crippen LogP contribution in [0.15, 0.2) is 54.6 Å². The molecule has 102 valence electrons. The molecule has 3 heteroatoms. The molecule has 0 bridgehead atoms. The molecule has 0 saturated heterocycles. The molecule has 0 radical (unpaired) electrons. The van der Waals surface area contributed by atoms with E-state index in [0.717, 1.165) is 11.1 Å². The lowest BCUT2D eigenvalue weighted by molar-refractivity contribution is -0.111. The molecule has 2 rings (SSSR count). The Balaban J connectivity index is 2.07. The molecule has 3 nitrogen and oxygen atoms in total. The zero-order valence-electron chi connectivity index (χ0n) is 11.6. The highest BCUT2D eigenvalue weighted by Gasteiger charge is 2.05. The van der Waals surface area contributed by atoms with Gasteiger partial charge in [0.1, 0.15) is 5.75 Å². The van der Waals surface area contributed by atoms with Crippen LogP contribution in [0.4, 0.5) is 5.69 Å². The average molecular weight is 267 g/mol. The Morgan fingerprint density at radius 1 is 1.15 bits per heavy atom. The van der Waals surface area contributed by atoms with Gasteiger partial charge in [-0.25, -0.2) is 0 Å². The van der Waals surface area contributed by atoms with E-state index in [2.05, 4.69) is 5.32 Å². The van der Waals surface area contributed by atoms with Crippen LogP contribution in [-0.4, -0.2) is 13.0 Å². The summed E-state index contributed by atoms with van der Waals surface area (Å²) in [6, 6.07) is 15.3. The molecule has 1 N–H and O–H groups in total. The number of hydrogen-bond acceptors (Lipinski definition) is 2. The molecule has 0 heterocycles. The second-order valence-corrected chi connectivity index (χ2v) is 4.44. The largest absolute Gasteiger partial charge is 0.495 e. The Labute approximate surface area is 118 Å². The number of ether oxygens (including phenoxy) is 1. The van der Waals surface area contributed by atoms with Crippen molar-refractivity contribution >= 4 is 17.7 Å². The summed E-state index contributed by atoms with van der Waals surface area (Å²) >= 11 is 0. The monoisotopic (exact) mass is 267 g/mol. The number of carbonyl (C=O) groups is 1. The Morgan fingerprint density at radius 2 is 1.90 bits per heavy atom. The number of rotatable bonds is 4. The molecule has 2 aromatic rings. The van der Waals surface area contributed by atoms with Gasteiger partial charge in [-0.05, 0) is 36.3 Å². The predicted octanol–water partition coefficient (Wildman–Crippen LogP) is 3.66. The Bertz CT molecular complexity index is 618. The van der Waals surface area contributed by atoms with Gasteiger partial charge in [0, 0.05) is 6.08 Å². The molecule has 0 aromatic heterocycles. The van der Waals surface area contributed by atoms with Crippen LogP contribution in [0.3, 0.4) is 0 Å². The summed E-state index contributed by atoms with van der Waals surface area (Å²) in [6.07, 6.45) is 3.28. The fourth-order valence-electron chi connectivity index (χ4n) is 1.81. The molecular weight excluding hydrogens is 250 g/mol. The number of benzene rings is 2. The van der Waals surface area contributed by atoms with Gasteiger partial charge in [-0.15, -0.1) is 0 Å². The van der Waals surface area contributed by atoms with Crippen LogP contribution in [0.2, 0.25) is 0 Å². The Kier molecular flexibility index (Phi) is 4.56. The Morgan fingerprint density at radius 3 is 2.60 bits per heavy atom. The molecule has 0 aliphatic heterocycles. The highest BCUT2D eigenvalue weighted by atomic mass is 16.5. The quantitative estimate of drug-likeness (QED) is 0.859. The molecule has 0 unspecified atom stereocenters. The van der Waals surface area contributed by atoms with Gasteiger partial charge in [0.05, 0.1) is 12.8 Å². The number of carbonyl (C=O) groups excluding carboxylic acids is 1. The van der Waals surface area contributed by atoms with Crippen LogP contribution in [0, 0.1) is 6.92 Å². The first-order valence-electron chi connectivity index (χ1n) is 6.38. The minimum absolute atomic E-state index is 0.184. The topological polar surface area (TPSA) is 38.3 Å². The summed E-state index contributed by atoms with van der Waals surface area (Å²) in [5.74, 6) is 0.475. The molecule has 0 aliphatic rings. The summed E-state index contributed by atoms with van der Waals surface area (Å²) in [7, 11) is 1.59. The van der Waals surface area contributed by atoms with Crippen LogP contribution in [-0.2, 0) is 4.79 Å². The maximum absolute atomic E-state index is 11.9. The lowest BCUT2D eigenvalue weighted by atomic mass is 10.2. The number of nitrogens with one attached hydrogen (secondary N) is 1. The summed E-state index contributed by atoms with van der Waals surface area (Å²) in [4.78, 5) is 11.9. The van der Waals surface area contributed by atoms with Crippen LogP contribution >= 0.6 is 0 Å². The third-order valence-corrected chi connectivity index (χ3v) is 2.84. The third-order valence-electron chi connectivity index (χ3n) is 2.84. The number of aryl methyl sites for hydroxylation is 1. The fraction of sp³-hybridized carbons (Fsp3) is 0.118. The molecule has 0 aliphatic carbocycles. The predicted molar refractivity (Wildman–Crippen MR) is 81.8 cm³/mol. The lowest BCUT2D eigenvalue weighted by Crippen LogP contribution is -2.08. The summed E-state index contributed by atoms with van der Waals surface area (Å²) in [6.45, 7) is 1.98. The van der Waals surface area contributed by atoms with Gasteiger partial charge in [0.25, 0.3) is 0 Å². The molecular formula is C17H17NO2. The zero-order chi connectivity index (χ0) is 14.4. The van der Waals surface area contributed by atoms with E-state index in [0.29, 0.717) is 11.4 Å². The average Bonchev–Trinajstić information content (AvgIpc) is 2.48. The van der Waals surface area contributed by atoms with Gasteiger partial charge in [-0.2, -0.15) is 0 Å². The minimum Gasteiger partial charge on any atom is -0.495 e. The van der Waals surface area contributed by atoms with Crippen molar-refractivity contribution in [1.29, 1.82) is 0 Å². The molecule has 2 aromatic carbocycles. The van der Waals surface area contributed by atoms with Crippen molar-refractivity contribution in [3.05, 3.63) is 65.7 Å². The first-order chi connectivity index (χ1) is 9.69. The van der Waals surface area contributed by atoms with Crippen molar-refractivity contribution < 1.29 is 9.53 Å². The van der Waals surface area contributed by atoms with Gasteiger partial charge in [0.15, 0.2) is 0 Å². The van der Waals surface area contributed by atoms with E-state index in [1.165, 1.54) is 6.08 Å². The van der Waals surface area contributed by atoms with E-state index >= 15 is 0 Å². The minimum atomic E-state index is -0.184. The zero-order valence-corrected chi connectivity index (χ0v) is 11.6. The van der Waals surface area contributed by atoms with E-state index in [4.69, 9.17) is 4.74 Å². The highest BCUT2D eigenvalue weighted by Crippen LogP contribution is 2.25. The van der Waals surface area contributed by atoms with Crippen molar-refractivity contribution in [3.63, 3.8) is 0 Å². The highest BCUT2D eigenvalue weighted by molar-refractivity contribution is 6.02. The van der Waals surface area contributed by atoms with Crippen molar-refractivity contribution in [2.45, 2.75) is 6.92 Å². The Hall–Kier alpha value is -2.55. The maximum atomic E-state index is 11.9.